The van der Waals surface area contributed by atoms with Crippen molar-refractivity contribution in [3.8, 4) is 0 Å². The summed E-state index contributed by atoms with van der Waals surface area (Å²) in [6.45, 7) is 4.23. The summed E-state index contributed by atoms with van der Waals surface area (Å²) >= 11 is 0. The van der Waals surface area contributed by atoms with E-state index in [0.717, 1.165) is 0 Å². The summed E-state index contributed by atoms with van der Waals surface area (Å²) in [4.78, 5) is 0. The fourth-order valence-electron chi connectivity index (χ4n) is 1.94. The van der Waals surface area contributed by atoms with Crippen LogP contribution in [-0.4, -0.2) is 5.11 Å². The van der Waals surface area contributed by atoms with Crippen LogP contribution in [0.2, 0.25) is 0 Å². The highest BCUT2D eigenvalue weighted by Gasteiger charge is 2.14. The number of halogens is 1. The highest BCUT2D eigenvalue weighted by atomic mass is 19.1. The monoisotopic (exact) mass is 244 g/mol. The van der Waals surface area contributed by atoms with Crippen LogP contribution < -0.4 is 0 Å². The van der Waals surface area contributed by atoms with E-state index < -0.39 is 6.10 Å². The van der Waals surface area contributed by atoms with Crippen molar-refractivity contribution in [2.24, 2.45) is 0 Å². The largest absolute Gasteiger partial charge is 0.384 e. The number of hydrogen-bond donors (Lipinski definition) is 1. The molecule has 1 atom stereocenters. The number of aliphatic hydroxyl groups is 1. The predicted molar refractivity (Wildman–Crippen MR) is 71.0 cm³/mol. The molecule has 0 aliphatic rings. The number of benzene rings is 2. The maximum atomic E-state index is 13.6. The zero-order valence-corrected chi connectivity index (χ0v) is 10.6. The molecular formula is C16H17FO. The van der Waals surface area contributed by atoms with Crippen LogP contribution >= 0.6 is 0 Å². The maximum Gasteiger partial charge on any atom is 0.129 e. The van der Waals surface area contributed by atoms with Crippen molar-refractivity contribution >= 4 is 0 Å². The lowest BCUT2D eigenvalue weighted by molar-refractivity contribution is 0.215. The molecule has 18 heavy (non-hydrogen) atoms. The third-order valence-corrected chi connectivity index (χ3v) is 3.12. The molecule has 1 N–H and O–H groups in total. The summed E-state index contributed by atoms with van der Waals surface area (Å²) in [6.07, 6.45) is -0.910. The molecule has 0 saturated carbocycles. The van der Waals surface area contributed by atoms with E-state index in [9.17, 15) is 9.50 Å². The van der Waals surface area contributed by atoms with Gasteiger partial charge in [0.05, 0.1) is 0 Å². The molecule has 2 aromatic carbocycles. The van der Waals surface area contributed by atoms with Crippen LogP contribution in [0, 0.1) is 5.82 Å². The van der Waals surface area contributed by atoms with Crippen molar-refractivity contribution in [1.29, 1.82) is 0 Å². The van der Waals surface area contributed by atoms with E-state index in [1.165, 1.54) is 11.6 Å². The summed E-state index contributed by atoms with van der Waals surface area (Å²) in [5.41, 5.74) is 2.23. The Morgan fingerprint density at radius 2 is 1.44 bits per heavy atom. The Kier molecular flexibility index (Phi) is 3.78. The fourth-order valence-corrected chi connectivity index (χ4v) is 1.94. The first-order valence-corrected chi connectivity index (χ1v) is 6.12. The average molecular weight is 244 g/mol. The molecule has 1 nitrogen and oxygen atoms in total. The highest BCUT2D eigenvalue weighted by Crippen LogP contribution is 2.25. The Balaban J connectivity index is 2.29. The molecule has 94 valence electrons. The summed E-state index contributed by atoms with van der Waals surface area (Å²) in [5.74, 6) is 0.0718. The Hall–Kier alpha value is -1.67. The Morgan fingerprint density at radius 3 is 2.00 bits per heavy atom. The van der Waals surface area contributed by atoms with E-state index in [4.69, 9.17) is 0 Å². The van der Waals surface area contributed by atoms with Gasteiger partial charge < -0.3 is 5.11 Å². The molecule has 0 unspecified atom stereocenters. The molecular weight excluding hydrogens is 227 g/mol. The third-order valence-electron chi connectivity index (χ3n) is 3.12. The topological polar surface area (TPSA) is 20.2 Å². The van der Waals surface area contributed by atoms with Gasteiger partial charge >= 0.3 is 0 Å². The molecule has 0 amide bonds. The van der Waals surface area contributed by atoms with Crippen molar-refractivity contribution in [3.63, 3.8) is 0 Å². The summed E-state index contributed by atoms with van der Waals surface area (Å²) in [6, 6.07) is 14.0. The van der Waals surface area contributed by atoms with Crippen LogP contribution in [0.1, 0.15) is 42.6 Å². The van der Waals surface area contributed by atoms with Gasteiger partial charge in [0.1, 0.15) is 11.9 Å². The minimum Gasteiger partial charge on any atom is -0.384 e. The Bertz CT molecular complexity index is 517. The predicted octanol–water partition coefficient (Wildman–Crippen LogP) is 4.03. The second kappa shape index (κ2) is 5.32. The van der Waals surface area contributed by atoms with Gasteiger partial charge in [0, 0.05) is 5.56 Å². The number of hydrogen-bond acceptors (Lipinski definition) is 1. The van der Waals surface area contributed by atoms with Crippen LogP contribution in [0.15, 0.2) is 48.5 Å². The SMILES string of the molecule is CC(C)c1ccc([C@H](O)c2ccccc2F)cc1. The van der Waals surface area contributed by atoms with Crippen LogP contribution in [0.4, 0.5) is 4.39 Å². The van der Waals surface area contributed by atoms with Crippen molar-refractivity contribution in [2.75, 3.05) is 0 Å². The van der Waals surface area contributed by atoms with Crippen molar-refractivity contribution in [1.82, 2.24) is 0 Å². The summed E-state index contributed by atoms with van der Waals surface area (Å²) in [5, 5.41) is 10.2. The van der Waals surface area contributed by atoms with Gasteiger partial charge in [0.25, 0.3) is 0 Å². The molecule has 0 bridgehead atoms. The van der Waals surface area contributed by atoms with Gasteiger partial charge in [-0.1, -0.05) is 56.3 Å². The first kappa shape index (κ1) is 12.8. The van der Waals surface area contributed by atoms with Crippen molar-refractivity contribution < 1.29 is 9.50 Å². The molecule has 0 aliphatic heterocycles. The molecule has 0 fully saturated rings. The van der Waals surface area contributed by atoms with Gasteiger partial charge in [0.15, 0.2) is 0 Å². The second-order valence-corrected chi connectivity index (χ2v) is 4.75. The Morgan fingerprint density at radius 1 is 0.889 bits per heavy atom. The smallest absolute Gasteiger partial charge is 0.129 e. The zero-order valence-electron chi connectivity index (χ0n) is 10.6. The van der Waals surface area contributed by atoms with E-state index in [-0.39, 0.29) is 5.82 Å². The van der Waals surface area contributed by atoms with E-state index in [1.54, 1.807) is 18.2 Å². The van der Waals surface area contributed by atoms with Crippen LogP contribution in [-0.2, 0) is 0 Å². The Labute approximate surface area is 107 Å². The fraction of sp³-hybridized carbons (Fsp3) is 0.250. The van der Waals surface area contributed by atoms with Gasteiger partial charge in [-0.25, -0.2) is 4.39 Å². The molecule has 2 aromatic rings. The molecule has 2 heteroatoms. The number of aliphatic hydroxyl groups excluding tert-OH is 1. The van der Waals surface area contributed by atoms with Crippen LogP contribution in [0.3, 0.4) is 0 Å². The number of rotatable bonds is 3. The van der Waals surface area contributed by atoms with E-state index >= 15 is 0 Å². The van der Waals surface area contributed by atoms with Gasteiger partial charge in [-0.05, 0) is 23.1 Å². The molecule has 0 saturated heterocycles. The third kappa shape index (κ3) is 2.59. The summed E-state index contributed by atoms with van der Waals surface area (Å²) in [7, 11) is 0. The van der Waals surface area contributed by atoms with E-state index in [2.05, 4.69) is 13.8 Å². The van der Waals surface area contributed by atoms with Gasteiger partial charge in [-0.3, -0.25) is 0 Å². The molecule has 0 aromatic heterocycles. The first-order valence-electron chi connectivity index (χ1n) is 6.12. The molecule has 0 heterocycles. The average Bonchev–Trinajstić information content (AvgIpc) is 2.38. The lowest BCUT2D eigenvalue weighted by Gasteiger charge is -2.13. The van der Waals surface area contributed by atoms with E-state index in [0.29, 0.717) is 17.0 Å². The van der Waals surface area contributed by atoms with E-state index in [1.807, 2.05) is 24.3 Å². The van der Waals surface area contributed by atoms with Crippen molar-refractivity contribution in [2.45, 2.75) is 25.9 Å². The first-order chi connectivity index (χ1) is 8.59. The summed E-state index contributed by atoms with van der Waals surface area (Å²) < 4.78 is 13.6. The van der Waals surface area contributed by atoms with Crippen LogP contribution in [0.25, 0.3) is 0 Å². The molecule has 2 rings (SSSR count). The van der Waals surface area contributed by atoms with Gasteiger partial charge in [-0.15, -0.1) is 0 Å². The zero-order chi connectivity index (χ0) is 13.1. The lowest BCUT2D eigenvalue weighted by atomic mass is 9.97. The molecule has 0 spiro atoms. The normalized spacial score (nSPS) is 12.7. The highest BCUT2D eigenvalue weighted by molar-refractivity contribution is 5.33. The van der Waals surface area contributed by atoms with Gasteiger partial charge in [0.2, 0.25) is 0 Å². The van der Waals surface area contributed by atoms with Gasteiger partial charge in [-0.2, -0.15) is 0 Å². The quantitative estimate of drug-likeness (QED) is 0.864. The minimum absolute atomic E-state index is 0.315. The standard InChI is InChI=1S/C16H17FO/c1-11(2)12-7-9-13(10-8-12)16(18)14-5-3-4-6-15(14)17/h3-11,16,18H,1-2H3/t16-/m0/s1. The maximum absolute atomic E-state index is 13.6. The lowest BCUT2D eigenvalue weighted by Crippen LogP contribution is -2.02. The minimum atomic E-state index is -0.910. The van der Waals surface area contributed by atoms with Crippen molar-refractivity contribution in [3.05, 3.63) is 71.0 Å². The molecule has 0 radical (unpaired) electrons. The van der Waals surface area contributed by atoms with Crippen LogP contribution in [0.5, 0.6) is 0 Å². The molecule has 0 aliphatic carbocycles. The second-order valence-electron chi connectivity index (χ2n) is 4.75.